The zero-order valence-corrected chi connectivity index (χ0v) is 10.8. The van der Waals surface area contributed by atoms with Gasteiger partial charge in [0, 0.05) is 25.0 Å². The molecule has 18 heavy (non-hydrogen) atoms. The van der Waals surface area contributed by atoms with E-state index in [1.165, 1.54) is 11.1 Å². The second-order valence-corrected chi connectivity index (χ2v) is 4.24. The maximum absolute atomic E-state index is 5.14. The van der Waals surface area contributed by atoms with E-state index in [1.54, 1.807) is 13.3 Å². The highest BCUT2D eigenvalue weighted by atomic mass is 16.5. The van der Waals surface area contributed by atoms with E-state index < -0.39 is 0 Å². The SMILES string of the molecule is COc1ccc(CNC(C)c2cccnc2)cc1. The Hall–Kier alpha value is -1.87. The third-order valence-electron chi connectivity index (χ3n) is 2.96. The van der Waals surface area contributed by atoms with Gasteiger partial charge in [0.2, 0.25) is 0 Å². The van der Waals surface area contributed by atoms with E-state index in [-0.39, 0.29) is 0 Å². The summed E-state index contributed by atoms with van der Waals surface area (Å²) >= 11 is 0. The Morgan fingerprint density at radius 2 is 2.00 bits per heavy atom. The van der Waals surface area contributed by atoms with Gasteiger partial charge in [-0.15, -0.1) is 0 Å². The predicted molar refractivity (Wildman–Crippen MR) is 72.5 cm³/mol. The summed E-state index contributed by atoms with van der Waals surface area (Å²) < 4.78 is 5.14. The Kier molecular flexibility index (Phi) is 4.31. The van der Waals surface area contributed by atoms with E-state index >= 15 is 0 Å². The molecule has 0 aliphatic rings. The molecule has 3 nitrogen and oxygen atoms in total. The number of rotatable bonds is 5. The lowest BCUT2D eigenvalue weighted by Crippen LogP contribution is -2.18. The lowest BCUT2D eigenvalue weighted by Gasteiger charge is -2.13. The minimum Gasteiger partial charge on any atom is -0.497 e. The number of nitrogens with zero attached hydrogens (tertiary/aromatic N) is 1. The van der Waals surface area contributed by atoms with Crippen LogP contribution in [0.5, 0.6) is 5.75 Å². The van der Waals surface area contributed by atoms with Crippen LogP contribution in [0.3, 0.4) is 0 Å². The second-order valence-electron chi connectivity index (χ2n) is 4.24. The van der Waals surface area contributed by atoms with Crippen LogP contribution in [0.1, 0.15) is 24.1 Å². The van der Waals surface area contributed by atoms with E-state index in [4.69, 9.17) is 4.74 Å². The van der Waals surface area contributed by atoms with Gasteiger partial charge >= 0.3 is 0 Å². The third-order valence-corrected chi connectivity index (χ3v) is 2.96. The van der Waals surface area contributed by atoms with Crippen LogP contribution in [-0.2, 0) is 6.54 Å². The topological polar surface area (TPSA) is 34.1 Å². The summed E-state index contributed by atoms with van der Waals surface area (Å²) in [6.07, 6.45) is 3.69. The van der Waals surface area contributed by atoms with E-state index in [0.29, 0.717) is 6.04 Å². The second kappa shape index (κ2) is 6.17. The average molecular weight is 242 g/mol. The fourth-order valence-electron chi connectivity index (χ4n) is 1.76. The summed E-state index contributed by atoms with van der Waals surface area (Å²) in [5, 5.41) is 3.47. The first kappa shape index (κ1) is 12.6. The Balaban J connectivity index is 1.91. The third kappa shape index (κ3) is 3.31. The van der Waals surface area contributed by atoms with Crippen LogP contribution in [0.2, 0.25) is 0 Å². The van der Waals surface area contributed by atoms with Crippen molar-refractivity contribution in [2.45, 2.75) is 19.5 Å². The van der Waals surface area contributed by atoms with E-state index in [1.807, 2.05) is 24.4 Å². The van der Waals surface area contributed by atoms with Gasteiger partial charge in [-0.3, -0.25) is 4.98 Å². The van der Waals surface area contributed by atoms with Gasteiger partial charge in [0.1, 0.15) is 5.75 Å². The number of hydrogen-bond acceptors (Lipinski definition) is 3. The van der Waals surface area contributed by atoms with Crippen molar-refractivity contribution < 1.29 is 4.74 Å². The molecule has 0 spiro atoms. The Morgan fingerprint density at radius 3 is 2.61 bits per heavy atom. The van der Waals surface area contributed by atoms with Gasteiger partial charge in [-0.05, 0) is 36.2 Å². The number of aromatic nitrogens is 1. The number of methoxy groups -OCH3 is 1. The molecule has 1 aromatic carbocycles. The van der Waals surface area contributed by atoms with Crippen LogP contribution >= 0.6 is 0 Å². The number of pyridine rings is 1. The molecule has 1 atom stereocenters. The van der Waals surface area contributed by atoms with Crippen molar-refractivity contribution in [3.8, 4) is 5.75 Å². The Labute approximate surface area is 108 Å². The lowest BCUT2D eigenvalue weighted by atomic mass is 10.1. The standard InChI is InChI=1S/C15H18N2O/c1-12(14-4-3-9-16-11-14)17-10-13-5-7-15(18-2)8-6-13/h3-9,11-12,17H,10H2,1-2H3. The number of ether oxygens (including phenoxy) is 1. The molecule has 0 fully saturated rings. The highest BCUT2D eigenvalue weighted by Crippen LogP contribution is 2.14. The van der Waals surface area contributed by atoms with Gasteiger partial charge in [-0.2, -0.15) is 0 Å². The van der Waals surface area contributed by atoms with Gasteiger partial charge in [0.15, 0.2) is 0 Å². The Bertz CT molecular complexity index is 468. The molecule has 94 valence electrons. The minimum absolute atomic E-state index is 0.292. The molecule has 0 aliphatic carbocycles. The molecule has 0 aliphatic heterocycles. The lowest BCUT2D eigenvalue weighted by molar-refractivity contribution is 0.414. The highest BCUT2D eigenvalue weighted by Gasteiger charge is 2.04. The van der Waals surface area contributed by atoms with Crippen LogP contribution in [0.15, 0.2) is 48.8 Å². The number of benzene rings is 1. The molecule has 1 aromatic heterocycles. The van der Waals surface area contributed by atoms with Gasteiger partial charge < -0.3 is 10.1 Å². The molecule has 0 amide bonds. The summed E-state index contributed by atoms with van der Waals surface area (Å²) in [6, 6.07) is 12.4. The van der Waals surface area contributed by atoms with Crippen LogP contribution in [0.4, 0.5) is 0 Å². The first-order valence-electron chi connectivity index (χ1n) is 6.06. The molecule has 0 radical (unpaired) electrons. The summed E-state index contributed by atoms with van der Waals surface area (Å²) in [5.74, 6) is 0.888. The zero-order chi connectivity index (χ0) is 12.8. The zero-order valence-electron chi connectivity index (χ0n) is 10.8. The van der Waals surface area contributed by atoms with E-state index in [9.17, 15) is 0 Å². The maximum Gasteiger partial charge on any atom is 0.118 e. The van der Waals surface area contributed by atoms with Gasteiger partial charge in [0.05, 0.1) is 7.11 Å². The molecular weight excluding hydrogens is 224 g/mol. The van der Waals surface area contributed by atoms with Gasteiger partial charge in [-0.25, -0.2) is 0 Å². The van der Waals surface area contributed by atoms with Crippen molar-refractivity contribution in [1.82, 2.24) is 10.3 Å². The predicted octanol–water partition coefficient (Wildman–Crippen LogP) is 2.94. The Morgan fingerprint density at radius 1 is 1.22 bits per heavy atom. The molecule has 0 saturated carbocycles. The van der Waals surface area contributed by atoms with Crippen LogP contribution in [0.25, 0.3) is 0 Å². The number of hydrogen-bond donors (Lipinski definition) is 1. The summed E-state index contributed by atoms with van der Waals surface area (Å²) in [7, 11) is 1.68. The fraction of sp³-hybridized carbons (Fsp3) is 0.267. The van der Waals surface area contributed by atoms with Gasteiger partial charge in [-0.1, -0.05) is 18.2 Å². The largest absolute Gasteiger partial charge is 0.497 e. The molecule has 1 heterocycles. The minimum atomic E-state index is 0.292. The summed E-state index contributed by atoms with van der Waals surface area (Å²) in [4.78, 5) is 4.13. The van der Waals surface area contributed by atoms with Crippen molar-refractivity contribution in [3.05, 3.63) is 59.9 Å². The van der Waals surface area contributed by atoms with Crippen molar-refractivity contribution in [3.63, 3.8) is 0 Å². The van der Waals surface area contributed by atoms with Crippen LogP contribution in [-0.4, -0.2) is 12.1 Å². The van der Waals surface area contributed by atoms with Crippen molar-refractivity contribution in [1.29, 1.82) is 0 Å². The van der Waals surface area contributed by atoms with Gasteiger partial charge in [0.25, 0.3) is 0 Å². The molecule has 1 unspecified atom stereocenters. The van der Waals surface area contributed by atoms with Crippen molar-refractivity contribution >= 4 is 0 Å². The number of nitrogens with one attached hydrogen (secondary N) is 1. The fourth-order valence-corrected chi connectivity index (χ4v) is 1.76. The molecular formula is C15H18N2O. The molecule has 3 heteroatoms. The first-order valence-corrected chi connectivity index (χ1v) is 6.06. The molecule has 2 aromatic rings. The van der Waals surface area contributed by atoms with Crippen LogP contribution in [0, 0.1) is 0 Å². The molecule has 0 bridgehead atoms. The average Bonchev–Trinajstić information content (AvgIpc) is 2.46. The summed E-state index contributed by atoms with van der Waals surface area (Å²) in [5.41, 5.74) is 2.44. The first-order chi connectivity index (χ1) is 8.79. The highest BCUT2D eigenvalue weighted by molar-refractivity contribution is 5.27. The molecule has 0 saturated heterocycles. The van der Waals surface area contributed by atoms with Crippen molar-refractivity contribution in [2.75, 3.05) is 7.11 Å². The monoisotopic (exact) mass is 242 g/mol. The smallest absolute Gasteiger partial charge is 0.118 e. The van der Waals surface area contributed by atoms with Crippen LogP contribution < -0.4 is 10.1 Å². The van der Waals surface area contributed by atoms with E-state index in [0.717, 1.165) is 12.3 Å². The molecule has 2 rings (SSSR count). The quantitative estimate of drug-likeness (QED) is 0.875. The normalized spacial score (nSPS) is 12.1. The summed E-state index contributed by atoms with van der Waals surface area (Å²) in [6.45, 7) is 2.97. The van der Waals surface area contributed by atoms with E-state index in [2.05, 4.69) is 35.4 Å². The maximum atomic E-state index is 5.14. The molecule has 1 N–H and O–H groups in total. The van der Waals surface area contributed by atoms with Crippen molar-refractivity contribution in [2.24, 2.45) is 0 Å².